The summed E-state index contributed by atoms with van der Waals surface area (Å²) in [6.07, 6.45) is 3.11. The molecular weight excluding hydrogens is 336 g/mol. The molecule has 0 atom stereocenters. The Balaban J connectivity index is 1.57. The largest absolute Gasteiger partial charge is 0.486 e. The highest BCUT2D eigenvalue weighted by Gasteiger charge is 2.10. The molecule has 0 radical (unpaired) electrons. The van der Waals surface area contributed by atoms with Crippen LogP contribution in [0.1, 0.15) is 15.4 Å². The Morgan fingerprint density at radius 1 is 1.13 bits per heavy atom. The number of carbonyl (C=O) groups excluding carboxylic acids is 1. The maximum Gasteiger partial charge on any atom is 0.257 e. The van der Waals surface area contributed by atoms with Gasteiger partial charge in [0.2, 0.25) is 5.13 Å². The zero-order valence-corrected chi connectivity index (χ0v) is 13.3. The highest BCUT2D eigenvalue weighted by Crippen LogP contribution is 2.20. The average Bonchev–Trinajstić information content (AvgIpc) is 3.02. The molecule has 6 nitrogen and oxygen atoms in total. The Kier molecular flexibility index (Phi) is 4.80. The number of rotatable bonds is 5. The van der Waals surface area contributed by atoms with Crippen LogP contribution in [0.4, 0.5) is 5.13 Å². The van der Waals surface area contributed by atoms with Crippen molar-refractivity contribution in [2.45, 2.75) is 6.61 Å². The van der Waals surface area contributed by atoms with Crippen LogP contribution in [0.25, 0.3) is 0 Å². The molecule has 3 rings (SSSR count). The summed E-state index contributed by atoms with van der Waals surface area (Å²) in [5.74, 6) is 0.431. The van der Waals surface area contributed by atoms with Crippen LogP contribution >= 0.6 is 22.9 Å². The van der Waals surface area contributed by atoms with E-state index in [0.717, 1.165) is 0 Å². The standard InChI is InChI=1S/C15H11ClN4O2S/c16-11-1-3-12(4-2-11)22-9-13-19-20-15(23-13)18-14(21)10-5-7-17-8-6-10/h1-8H,9H2,(H,18,20,21). The number of pyridine rings is 1. The molecule has 1 amide bonds. The van der Waals surface area contributed by atoms with E-state index in [0.29, 0.717) is 26.5 Å². The Labute approximate surface area is 141 Å². The molecule has 0 fully saturated rings. The van der Waals surface area contributed by atoms with Crippen LogP contribution < -0.4 is 10.1 Å². The van der Waals surface area contributed by atoms with Crippen molar-refractivity contribution in [3.8, 4) is 5.75 Å². The van der Waals surface area contributed by atoms with Crippen LogP contribution in [-0.4, -0.2) is 21.1 Å². The molecule has 0 aliphatic heterocycles. The summed E-state index contributed by atoms with van der Waals surface area (Å²) in [6.45, 7) is 0.268. The maximum atomic E-state index is 12.0. The molecule has 0 saturated carbocycles. The molecule has 3 aromatic rings. The fourth-order valence-corrected chi connectivity index (χ4v) is 2.48. The number of benzene rings is 1. The van der Waals surface area contributed by atoms with E-state index in [9.17, 15) is 4.79 Å². The number of nitrogens with one attached hydrogen (secondary N) is 1. The molecular formula is C15H11ClN4O2S. The summed E-state index contributed by atoms with van der Waals surface area (Å²) < 4.78 is 5.58. The van der Waals surface area contributed by atoms with Crippen molar-refractivity contribution in [3.05, 3.63) is 64.4 Å². The van der Waals surface area contributed by atoms with Crippen molar-refractivity contribution >= 4 is 34.0 Å². The molecule has 0 aliphatic carbocycles. The van der Waals surface area contributed by atoms with Gasteiger partial charge in [0.1, 0.15) is 12.4 Å². The van der Waals surface area contributed by atoms with Crippen molar-refractivity contribution < 1.29 is 9.53 Å². The zero-order chi connectivity index (χ0) is 16.1. The van der Waals surface area contributed by atoms with E-state index in [1.807, 2.05) is 0 Å². The molecule has 0 aliphatic rings. The predicted molar refractivity (Wildman–Crippen MR) is 87.9 cm³/mol. The van der Waals surface area contributed by atoms with Gasteiger partial charge in [-0.25, -0.2) is 0 Å². The van der Waals surface area contributed by atoms with Gasteiger partial charge in [-0.1, -0.05) is 22.9 Å². The second kappa shape index (κ2) is 7.17. The van der Waals surface area contributed by atoms with Gasteiger partial charge in [0.05, 0.1) is 0 Å². The first-order valence-electron chi connectivity index (χ1n) is 6.63. The third-order valence-electron chi connectivity index (χ3n) is 2.81. The van der Waals surface area contributed by atoms with E-state index < -0.39 is 0 Å². The first-order valence-corrected chi connectivity index (χ1v) is 7.82. The van der Waals surface area contributed by atoms with Gasteiger partial charge >= 0.3 is 0 Å². The van der Waals surface area contributed by atoms with Gasteiger partial charge in [0, 0.05) is 23.0 Å². The van der Waals surface area contributed by atoms with Crippen LogP contribution in [0.5, 0.6) is 5.75 Å². The highest BCUT2D eigenvalue weighted by molar-refractivity contribution is 7.15. The number of ether oxygens (including phenoxy) is 1. The van der Waals surface area contributed by atoms with Crippen molar-refractivity contribution in [3.63, 3.8) is 0 Å². The molecule has 0 unspecified atom stereocenters. The lowest BCUT2D eigenvalue weighted by molar-refractivity contribution is 0.102. The van der Waals surface area contributed by atoms with Crippen molar-refractivity contribution in [1.29, 1.82) is 0 Å². The summed E-state index contributed by atoms with van der Waals surface area (Å²) >= 11 is 7.07. The number of hydrogen-bond donors (Lipinski definition) is 1. The fraction of sp³-hybridized carbons (Fsp3) is 0.0667. The minimum absolute atomic E-state index is 0.256. The topological polar surface area (TPSA) is 77.0 Å². The first kappa shape index (κ1) is 15.4. The number of aromatic nitrogens is 3. The molecule has 8 heteroatoms. The van der Waals surface area contributed by atoms with E-state index in [2.05, 4.69) is 20.5 Å². The van der Waals surface area contributed by atoms with Gasteiger partial charge in [-0.05, 0) is 36.4 Å². The third-order valence-corrected chi connectivity index (χ3v) is 3.87. The van der Waals surface area contributed by atoms with E-state index in [-0.39, 0.29) is 12.5 Å². The predicted octanol–water partition coefficient (Wildman–Crippen LogP) is 3.42. The number of nitrogens with zero attached hydrogens (tertiary/aromatic N) is 3. The summed E-state index contributed by atoms with van der Waals surface area (Å²) in [7, 11) is 0. The lowest BCUT2D eigenvalue weighted by atomic mass is 10.2. The fourth-order valence-electron chi connectivity index (χ4n) is 1.71. The zero-order valence-electron chi connectivity index (χ0n) is 11.8. The van der Waals surface area contributed by atoms with E-state index in [1.165, 1.54) is 11.3 Å². The lowest BCUT2D eigenvalue weighted by Gasteiger charge is -2.02. The van der Waals surface area contributed by atoms with E-state index >= 15 is 0 Å². The second-order valence-electron chi connectivity index (χ2n) is 4.43. The smallest absolute Gasteiger partial charge is 0.257 e. The Bertz CT molecular complexity index is 793. The maximum absolute atomic E-state index is 12.0. The normalized spacial score (nSPS) is 10.3. The van der Waals surface area contributed by atoms with Gasteiger partial charge in [-0.2, -0.15) is 0 Å². The van der Waals surface area contributed by atoms with Crippen LogP contribution in [0.2, 0.25) is 5.02 Å². The number of hydrogen-bond acceptors (Lipinski definition) is 6. The van der Waals surface area contributed by atoms with Crippen molar-refractivity contribution in [1.82, 2.24) is 15.2 Å². The van der Waals surface area contributed by atoms with Gasteiger partial charge in [0.25, 0.3) is 5.91 Å². The molecule has 2 heterocycles. The lowest BCUT2D eigenvalue weighted by Crippen LogP contribution is -2.11. The quantitative estimate of drug-likeness (QED) is 0.766. The first-order chi connectivity index (χ1) is 11.2. The molecule has 116 valence electrons. The minimum atomic E-state index is -0.256. The van der Waals surface area contributed by atoms with Crippen LogP contribution in [0.3, 0.4) is 0 Å². The molecule has 1 N–H and O–H groups in total. The summed E-state index contributed by atoms with van der Waals surface area (Å²) in [5.41, 5.74) is 0.508. The molecule has 2 aromatic heterocycles. The van der Waals surface area contributed by atoms with Crippen LogP contribution in [0.15, 0.2) is 48.8 Å². The SMILES string of the molecule is O=C(Nc1nnc(COc2ccc(Cl)cc2)s1)c1ccncc1. The number of carbonyl (C=O) groups is 1. The summed E-state index contributed by atoms with van der Waals surface area (Å²) in [6, 6.07) is 10.3. The van der Waals surface area contributed by atoms with Gasteiger partial charge < -0.3 is 4.74 Å². The average molecular weight is 347 g/mol. The molecule has 0 bridgehead atoms. The third kappa shape index (κ3) is 4.24. The van der Waals surface area contributed by atoms with Crippen molar-refractivity contribution in [2.75, 3.05) is 5.32 Å². The van der Waals surface area contributed by atoms with Crippen molar-refractivity contribution in [2.24, 2.45) is 0 Å². The summed E-state index contributed by atoms with van der Waals surface area (Å²) in [4.78, 5) is 15.9. The van der Waals surface area contributed by atoms with Gasteiger partial charge in [-0.3, -0.25) is 15.1 Å². The van der Waals surface area contributed by atoms with Crippen LogP contribution in [0, 0.1) is 0 Å². The van der Waals surface area contributed by atoms with E-state index in [1.54, 1.807) is 48.8 Å². The molecule has 0 saturated heterocycles. The van der Waals surface area contributed by atoms with Gasteiger partial charge in [0.15, 0.2) is 5.01 Å². The van der Waals surface area contributed by atoms with Crippen LogP contribution in [-0.2, 0) is 6.61 Å². The number of halogens is 1. The number of amides is 1. The molecule has 1 aromatic carbocycles. The minimum Gasteiger partial charge on any atom is -0.486 e. The molecule has 0 spiro atoms. The summed E-state index contributed by atoms with van der Waals surface area (Å²) in [5, 5.41) is 12.3. The number of anilines is 1. The highest BCUT2D eigenvalue weighted by atomic mass is 35.5. The monoisotopic (exact) mass is 346 g/mol. The molecule has 23 heavy (non-hydrogen) atoms. The Hall–Kier alpha value is -2.51. The van der Waals surface area contributed by atoms with Gasteiger partial charge in [-0.15, -0.1) is 10.2 Å². The second-order valence-corrected chi connectivity index (χ2v) is 5.93. The van der Waals surface area contributed by atoms with E-state index in [4.69, 9.17) is 16.3 Å². The Morgan fingerprint density at radius 3 is 2.61 bits per heavy atom. The Morgan fingerprint density at radius 2 is 1.87 bits per heavy atom.